The third-order valence-electron chi connectivity index (χ3n) is 4.17. The minimum absolute atomic E-state index is 0.0472. The summed E-state index contributed by atoms with van der Waals surface area (Å²) in [6.07, 6.45) is 2.42. The Bertz CT molecular complexity index is 999. The maximum atomic E-state index is 12.6. The van der Waals surface area contributed by atoms with Gasteiger partial charge in [-0.05, 0) is 28.3 Å². The number of nitrogens with one attached hydrogen (secondary N) is 2. The number of aromatic amines is 1. The first kappa shape index (κ1) is 15.6. The normalized spacial score (nSPS) is 10.9. The molecule has 4 aromatic rings. The van der Waals surface area contributed by atoms with E-state index in [1.165, 1.54) is 0 Å². The predicted molar refractivity (Wildman–Crippen MR) is 102 cm³/mol. The standard InChI is InChI=1S/C20H17N3OS/c24-20(16-8-3-6-14-5-1-2-7-15(14)16)21-11-10-17-19(23-13-22-17)18-9-4-12-25-18/h1-9,12-13H,10-11H2,(H,21,24)(H,22,23). The summed E-state index contributed by atoms with van der Waals surface area (Å²) in [5, 5.41) is 7.10. The average Bonchev–Trinajstić information content (AvgIpc) is 3.32. The van der Waals surface area contributed by atoms with E-state index < -0.39 is 0 Å². The van der Waals surface area contributed by atoms with Crippen molar-refractivity contribution in [3.05, 3.63) is 77.6 Å². The number of benzene rings is 2. The zero-order valence-corrected chi connectivity index (χ0v) is 14.3. The van der Waals surface area contributed by atoms with Crippen LogP contribution >= 0.6 is 11.3 Å². The third-order valence-corrected chi connectivity index (χ3v) is 5.04. The van der Waals surface area contributed by atoms with Crippen LogP contribution in [-0.2, 0) is 6.42 Å². The summed E-state index contributed by atoms with van der Waals surface area (Å²) in [5.41, 5.74) is 2.72. The number of carbonyl (C=O) groups is 1. The maximum Gasteiger partial charge on any atom is 0.251 e. The van der Waals surface area contributed by atoms with Crippen LogP contribution in [0.15, 0.2) is 66.3 Å². The number of thiophene rings is 1. The molecule has 0 fully saturated rings. The Balaban J connectivity index is 1.46. The molecule has 0 saturated carbocycles. The van der Waals surface area contributed by atoms with Crippen molar-refractivity contribution >= 4 is 28.0 Å². The van der Waals surface area contributed by atoms with E-state index >= 15 is 0 Å². The van der Waals surface area contributed by atoms with E-state index in [1.54, 1.807) is 17.7 Å². The Morgan fingerprint density at radius 2 is 1.96 bits per heavy atom. The fourth-order valence-corrected chi connectivity index (χ4v) is 3.71. The Morgan fingerprint density at radius 3 is 2.84 bits per heavy atom. The van der Waals surface area contributed by atoms with Crippen LogP contribution in [0.25, 0.3) is 21.3 Å². The second-order valence-corrected chi connectivity index (χ2v) is 6.69. The molecule has 0 bridgehead atoms. The summed E-state index contributed by atoms with van der Waals surface area (Å²) < 4.78 is 0. The van der Waals surface area contributed by atoms with Gasteiger partial charge in [0.2, 0.25) is 0 Å². The number of amides is 1. The second-order valence-electron chi connectivity index (χ2n) is 5.74. The molecule has 4 rings (SSSR count). The molecule has 124 valence electrons. The van der Waals surface area contributed by atoms with Crippen LogP contribution in [0.2, 0.25) is 0 Å². The highest BCUT2D eigenvalue weighted by molar-refractivity contribution is 7.13. The summed E-state index contributed by atoms with van der Waals surface area (Å²) in [6, 6.07) is 17.8. The van der Waals surface area contributed by atoms with Gasteiger partial charge in [-0.1, -0.05) is 42.5 Å². The van der Waals surface area contributed by atoms with E-state index in [2.05, 4.69) is 21.4 Å². The molecular formula is C20H17N3OS. The van der Waals surface area contributed by atoms with Crippen LogP contribution in [0.5, 0.6) is 0 Å². The number of nitrogens with zero attached hydrogens (tertiary/aromatic N) is 1. The van der Waals surface area contributed by atoms with Crippen molar-refractivity contribution in [2.24, 2.45) is 0 Å². The molecule has 2 aromatic heterocycles. The highest BCUT2D eigenvalue weighted by Crippen LogP contribution is 2.25. The van der Waals surface area contributed by atoms with Gasteiger partial charge in [-0.25, -0.2) is 4.98 Å². The number of rotatable bonds is 5. The predicted octanol–water partition coefficient (Wildman–Crippen LogP) is 4.26. The van der Waals surface area contributed by atoms with Crippen LogP contribution in [0.3, 0.4) is 0 Å². The summed E-state index contributed by atoms with van der Waals surface area (Å²) in [4.78, 5) is 21.3. The van der Waals surface area contributed by atoms with Crippen molar-refractivity contribution in [3.8, 4) is 10.6 Å². The van der Waals surface area contributed by atoms with Gasteiger partial charge in [0, 0.05) is 24.2 Å². The zero-order chi connectivity index (χ0) is 17.1. The number of fused-ring (bicyclic) bond motifs is 1. The summed E-state index contributed by atoms with van der Waals surface area (Å²) >= 11 is 1.66. The Morgan fingerprint density at radius 1 is 1.08 bits per heavy atom. The SMILES string of the molecule is O=C(NCCc1[nH]cnc1-c1cccs1)c1cccc2ccccc12. The highest BCUT2D eigenvalue weighted by Gasteiger charge is 2.11. The summed E-state index contributed by atoms with van der Waals surface area (Å²) in [7, 11) is 0. The van der Waals surface area contributed by atoms with Gasteiger partial charge in [0.15, 0.2) is 0 Å². The van der Waals surface area contributed by atoms with E-state index in [0.29, 0.717) is 18.5 Å². The molecule has 0 atom stereocenters. The van der Waals surface area contributed by atoms with E-state index in [1.807, 2.05) is 53.9 Å². The molecule has 2 N–H and O–H groups in total. The molecule has 0 aliphatic heterocycles. The number of hydrogen-bond donors (Lipinski definition) is 2. The largest absolute Gasteiger partial charge is 0.352 e. The number of carbonyl (C=O) groups excluding carboxylic acids is 1. The lowest BCUT2D eigenvalue weighted by atomic mass is 10.0. The van der Waals surface area contributed by atoms with Gasteiger partial charge in [0.25, 0.3) is 5.91 Å². The Hall–Kier alpha value is -2.92. The molecule has 0 saturated heterocycles. The average molecular weight is 347 g/mol. The van der Waals surface area contributed by atoms with Crippen LogP contribution < -0.4 is 5.32 Å². The molecule has 0 aliphatic carbocycles. The lowest BCUT2D eigenvalue weighted by molar-refractivity contribution is 0.0955. The maximum absolute atomic E-state index is 12.6. The molecule has 1 amide bonds. The molecule has 0 radical (unpaired) electrons. The number of hydrogen-bond acceptors (Lipinski definition) is 3. The topological polar surface area (TPSA) is 57.8 Å². The van der Waals surface area contributed by atoms with Crippen molar-refractivity contribution in [3.63, 3.8) is 0 Å². The van der Waals surface area contributed by atoms with Gasteiger partial charge >= 0.3 is 0 Å². The third kappa shape index (κ3) is 3.19. The van der Waals surface area contributed by atoms with Crippen LogP contribution in [0.1, 0.15) is 16.1 Å². The first-order valence-corrected chi connectivity index (χ1v) is 9.03. The van der Waals surface area contributed by atoms with Gasteiger partial charge in [0.1, 0.15) is 5.69 Å². The zero-order valence-electron chi connectivity index (χ0n) is 13.5. The molecule has 0 unspecified atom stereocenters. The lowest BCUT2D eigenvalue weighted by Gasteiger charge is -2.08. The van der Waals surface area contributed by atoms with Crippen LogP contribution in [0.4, 0.5) is 0 Å². The minimum Gasteiger partial charge on any atom is -0.352 e. The van der Waals surface area contributed by atoms with E-state index in [4.69, 9.17) is 0 Å². The molecule has 4 nitrogen and oxygen atoms in total. The molecule has 0 aliphatic rings. The first-order chi connectivity index (χ1) is 12.3. The smallest absolute Gasteiger partial charge is 0.251 e. The van der Waals surface area contributed by atoms with E-state index in [0.717, 1.165) is 27.0 Å². The fraction of sp³-hybridized carbons (Fsp3) is 0.100. The van der Waals surface area contributed by atoms with Crippen molar-refractivity contribution in [1.29, 1.82) is 0 Å². The molecule has 0 spiro atoms. The van der Waals surface area contributed by atoms with E-state index in [-0.39, 0.29) is 5.91 Å². The van der Waals surface area contributed by atoms with Crippen molar-refractivity contribution in [2.45, 2.75) is 6.42 Å². The van der Waals surface area contributed by atoms with Gasteiger partial charge in [-0.2, -0.15) is 0 Å². The second kappa shape index (κ2) is 6.91. The molecular weight excluding hydrogens is 330 g/mol. The van der Waals surface area contributed by atoms with Crippen LogP contribution in [-0.4, -0.2) is 22.4 Å². The lowest BCUT2D eigenvalue weighted by Crippen LogP contribution is -2.26. The fourth-order valence-electron chi connectivity index (χ4n) is 2.96. The quantitative estimate of drug-likeness (QED) is 0.566. The Kier molecular flexibility index (Phi) is 4.31. The number of aromatic nitrogens is 2. The van der Waals surface area contributed by atoms with Gasteiger partial charge in [-0.15, -0.1) is 11.3 Å². The van der Waals surface area contributed by atoms with Crippen molar-refractivity contribution in [2.75, 3.05) is 6.54 Å². The molecule has 25 heavy (non-hydrogen) atoms. The van der Waals surface area contributed by atoms with Crippen molar-refractivity contribution < 1.29 is 4.79 Å². The van der Waals surface area contributed by atoms with Gasteiger partial charge in [0.05, 0.1) is 11.2 Å². The molecule has 2 heterocycles. The summed E-state index contributed by atoms with van der Waals surface area (Å²) in [5.74, 6) is -0.0472. The minimum atomic E-state index is -0.0472. The summed E-state index contributed by atoms with van der Waals surface area (Å²) in [6.45, 7) is 0.558. The molecule has 5 heteroatoms. The first-order valence-electron chi connectivity index (χ1n) is 8.15. The monoisotopic (exact) mass is 347 g/mol. The van der Waals surface area contributed by atoms with Crippen LogP contribution in [0, 0.1) is 0 Å². The van der Waals surface area contributed by atoms with Gasteiger partial charge < -0.3 is 10.3 Å². The van der Waals surface area contributed by atoms with Crippen molar-refractivity contribution in [1.82, 2.24) is 15.3 Å². The number of imidazole rings is 1. The molecule has 2 aromatic carbocycles. The van der Waals surface area contributed by atoms with E-state index in [9.17, 15) is 4.79 Å². The Labute approximate surface area is 149 Å². The highest BCUT2D eigenvalue weighted by atomic mass is 32.1. The number of H-pyrrole nitrogens is 1. The van der Waals surface area contributed by atoms with Gasteiger partial charge in [-0.3, -0.25) is 4.79 Å².